The van der Waals surface area contributed by atoms with Crippen LogP contribution in [0.15, 0.2) is 48.8 Å². The highest BCUT2D eigenvalue weighted by Gasteiger charge is 2.12. The number of rotatable bonds is 3. The number of esters is 1. The number of nitrogens with zero attached hydrogens (tertiary/aromatic N) is 2. The van der Waals surface area contributed by atoms with Gasteiger partial charge in [0.2, 0.25) is 0 Å². The number of imidazole rings is 1. The van der Waals surface area contributed by atoms with Crippen molar-refractivity contribution in [3.8, 4) is 0 Å². The van der Waals surface area contributed by atoms with Crippen molar-refractivity contribution in [3.63, 3.8) is 0 Å². The minimum absolute atomic E-state index is 0.116. The van der Waals surface area contributed by atoms with Crippen LogP contribution in [0.3, 0.4) is 0 Å². The van der Waals surface area contributed by atoms with Gasteiger partial charge in [0.05, 0.1) is 16.3 Å². The van der Waals surface area contributed by atoms with Gasteiger partial charge in [-0.3, -0.25) is 0 Å². The molecule has 0 radical (unpaired) electrons. The molecule has 0 atom stereocenters. The molecular weight excluding hydrogens is 288 g/mol. The van der Waals surface area contributed by atoms with Crippen LogP contribution in [-0.4, -0.2) is 15.4 Å². The van der Waals surface area contributed by atoms with Gasteiger partial charge in [-0.05, 0) is 30.7 Å². The smallest absolute Gasteiger partial charge is 0.340 e. The fourth-order valence-electron chi connectivity index (χ4n) is 2.07. The van der Waals surface area contributed by atoms with E-state index in [1.807, 2.05) is 35.9 Å². The molecule has 0 unspecified atom stereocenters. The molecule has 0 fully saturated rings. The zero-order valence-electron chi connectivity index (χ0n) is 11.4. The Morgan fingerprint density at radius 2 is 2.05 bits per heavy atom. The Hall–Kier alpha value is -2.33. The Bertz CT molecular complexity index is 811. The van der Waals surface area contributed by atoms with E-state index in [1.54, 1.807) is 24.3 Å². The van der Waals surface area contributed by atoms with Crippen molar-refractivity contribution in [1.29, 1.82) is 0 Å². The lowest BCUT2D eigenvalue weighted by Crippen LogP contribution is -2.05. The summed E-state index contributed by atoms with van der Waals surface area (Å²) in [6.07, 6.45) is 3.82. The number of aryl methyl sites for hydroxylation is 1. The van der Waals surface area contributed by atoms with Crippen molar-refractivity contribution in [1.82, 2.24) is 9.38 Å². The summed E-state index contributed by atoms with van der Waals surface area (Å²) in [7, 11) is 0. The van der Waals surface area contributed by atoms with E-state index in [1.165, 1.54) is 0 Å². The molecule has 4 nitrogen and oxygen atoms in total. The van der Waals surface area contributed by atoms with E-state index in [4.69, 9.17) is 16.3 Å². The molecule has 21 heavy (non-hydrogen) atoms. The number of benzene rings is 1. The number of aromatic nitrogens is 2. The molecule has 0 spiro atoms. The molecule has 0 bridgehead atoms. The summed E-state index contributed by atoms with van der Waals surface area (Å²) < 4.78 is 7.17. The topological polar surface area (TPSA) is 43.6 Å². The van der Waals surface area contributed by atoms with Crippen LogP contribution in [-0.2, 0) is 11.3 Å². The summed E-state index contributed by atoms with van der Waals surface area (Å²) in [6.45, 7) is 2.13. The summed E-state index contributed by atoms with van der Waals surface area (Å²) in [5, 5.41) is 0.383. The van der Waals surface area contributed by atoms with Crippen molar-refractivity contribution >= 4 is 23.2 Å². The van der Waals surface area contributed by atoms with Gasteiger partial charge in [0.25, 0.3) is 0 Å². The molecule has 1 aromatic carbocycles. The lowest BCUT2D eigenvalue weighted by Gasteiger charge is -2.04. The second-order valence-corrected chi connectivity index (χ2v) is 5.17. The first-order chi connectivity index (χ1) is 10.1. The maximum Gasteiger partial charge on any atom is 0.340 e. The van der Waals surface area contributed by atoms with Crippen molar-refractivity contribution < 1.29 is 9.53 Å². The fourth-order valence-corrected chi connectivity index (χ4v) is 2.28. The summed E-state index contributed by atoms with van der Waals surface area (Å²) in [4.78, 5) is 16.4. The molecule has 2 aromatic heterocycles. The average molecular weight is 301 g/mol. The van der Waals surface area contributed by atoms with Crippen LogP contribution >= 0.6 is 11.6 Å². The van der Waals surface area contributed by atoms with Crippen LogP contribution in [0.25, 0.3) is 5.65 Å². The largest absolute Gasteiger partial charge is 0.455 e. The molecule has 3 aromatic rings. The first kappa shape index (κ1) is 13.6. The molecule has 0 amide bonds. The number of hydrogen-bond donors (Lipinski definition) is 0. The minimum atomic E-state index is -0.450. The third-order valence-corrected chi connectivity index (χ3v) is 3.42. The first-order valence-electron chi connectivity index (χ1n) is 6.49. The maximum absolute atomic E-state index is 12.0. The molecule has 5 heteroatoms. The molecular formula is C16H13ClN2O2. The highest BCUT2D eigenvalue weighted by atomic mass is 35.5. The zero-order chi connectivity index (χ0) is 14.8. The number of ether oxygens (including phenoxy) is 1. The summed E-state index contributed by atoms with van der Waals surface area (Å²) in [5.74, 6) is -0.450. The minimum Gasteiger partial charge on any atom is -0.455 e. The van der Waals surface area contributed by atoms with Crippen molar-refractivity contribution in [3.05, 3.63) is 70.6 Å². The van der Waals surface area contributed by atoms with Gasteiger partial charge < -0.3 is 9.14 Å². The Kier molecular flexibility index (Phi) is 3.62. The Morgan fingerprint density at radius 1 is 1.24 bits per heavy atom. The van der Waals surface area contributed by atoms with E-state index >= 15 is 0 Å². The number of carbonyl (C=O) groups excluding carboxylic acids is 1. The van der Waals surface area contributed by atoms with Gasteiger partial charge in [-0.1, -0.05) is 29.8 Å². The Labute approximate surface area is 126 Å². The van der Waals surface area contributed by atoms with Crippen LogP contribution in [0, 0.1) is 6.92 Å². The van der Waals surface area contributed by atoms with Crippen molar-refractivity contribution in [2.45, 2.75) is 13.5 Å². The number of carbonyl (C=O) groups is 1. The van der Waals surface area contributed by atoms with E-state index in [0.29, 0.717) is 16.3 Å². The van der Waals surface area contributed by atoms with Gasteiger partial charge >= 0.3 is 5.97 Å². The molecule has 0 aliphatic heterocycles. The van der Waals surface area contributed by atoms with Gasteiger partial charge in [0.15, 0.2) is 0 Å². The van der Waals surface area contributed by atoms with E-state index < -0.39 is 5.97 Å². The number of halogens is 1. The van der Waals surface area contributed by atoms with Gasteiger partial charge in [0.1, 0.15) is 12.3 Å². The quantitative estimate of drug-likeness (QED) is 0.693. The van der Waals surface area contributed by atoms with Gasteiger partial charge in [-0.2, -0.15) is 0 Å². The summed E-state index contributed by atoms with van der Waals surface area (Å²) in [5.41, 5.74) is 3.02. The maximum atomic E-state index is 12.0. The van der Waals surface area contributed by atoms with Crippen LogP contribution in [0.4, 0.5) is 0 Å². The second-order valence-electron chi connectivity index (χ2n) is 4.76. The van der Waals surface area contributed by atoms with E-state index in [-0.39, 0.29) is 6.61 Å². The van der Waals surface area contributed by atoms with Gasteiger partial charge in [-0.25, -0.2) is 9.78 Å². The van der Waals surface area contributed by atoms with Gasteiger partial charge in [-0.15, -0.1) is 0 Å². The standard InChI is InChI=1S/C16H13ClN2O2/c1-11-6-7-15-18-12(9-19(15)8-11)10-21-16(20)13-4-2-3-5-14(13)17/h2-9H,10H2,1H3. The molecule has 0 saturated heterocycles. The normalized spacial score (nSPS) is 10.8. The lowest BCUT2D eigenvalue weighted by atomic mass is 10.2. The molecule has 0 aliphatic carbocycles. The third-order valence-electron chi connectivity index (χ3n) is 3.09. The highest BCUT2D eigenvalue weighted by Crippen LogP contribution is 2.16. The fraction of sp³-hybridized carbons (Fsp3) is 0.125. The van der Waals surface area contributed by atoms with Gasteiger partial charge in [0, 0.05) is 12.4 Å². The zero-order valence-corrected chi connectivity index (χ0v) is 12.2. The lowest BCUT2D eigenvalue weighted by molar-refractivity contribution is 0.0468. The van der Waals surface area contributed by atoms with Crippen LogP contribution in [0.1, 0.15) is 21.6 Å². The molecule has 106 valence electrons. The van der Waals surface area contributed by atoms with Crippen LogP contribution in [0.2, 0.25) is 5.02 Å². The molecule has 0 aliphatic rings. The summed E-state index contributed by atoms with van der Waals surface area (Å²) >= 11 is 5.96. The predicted octanol–water partition coefficient (Wildman–Crippen LogP) is 3.65. The van der Waals surface area contributed by atoms with Crippen molar-refractivity contribution in [2.75, 3.05) is 0 Å². The molecule has 0 N–H and O–H groups in total. The number of fused-ring (bicyclic) bond motifs is 1. The second kappa shape index (κ2) is 5.58. The molecule has 2 heterocycles. The monoisotopic (exact) mass is 300 g/mol. The predicted molar refractivity (Wildman–Crippen MR) is 80.5 cm³/mol. The van der Waals surface area contributed by atoms with E-state index in [0.717, 1.165) is 11.2 Å². The number of hydrogen-bond acceptors (Lipinski definition) is 3. The molecule has 3 rings (SSSR count). The Morgan fingerprint density at radius 3 is 2.86 bits per heavy atom. The van der Waals surface area contributed by atoms with E-state index in [9.17, 15) is 4.79 Å². The first-order valence-corrected chi connectivity index (χ1v) is 6.87. The average Bonchev–Trinajstić information content (AvgIpc) is 2.87. The Balaban J connectivity index is 1.74. The van der Waals surface area contributed by atoms with E-state index in [2.05, 4.69) is 4.98 Å². The van der Waals surface area contributed by atoms with Crippen LogP contribution in [0.5, 0.6) is 0 Å². The van der Waals surface area contributed by atoms with Crippen molar-refractivity contribution in [2.24, 2.45) is 0 Å². The highest BCUT2D eigenvalue weighted by molar-refractivity contribution is 6.33. The number of pyridine rings is 1. The van der Waals surface area contributed by atoms with Crippen LogP contribution < -0.4 is 0 Å². The third kappa shape index (κ3) is 2.90. The molecule has 0 saturated carbocycles. The summed E-state index contributed by atoms with van der Waals surface area (Å²) in [6, 6.07) is 10.7. The SMILES string of the molecule is Cc1ccc2nc(COC(=O)c3ccccc3Cl)cn2c1.